The summed E-state index contributed by atoms with van der Waals surface area (Å²) in [5.41, 5.74) is 4.17. The molecule has 148 valence electrons. The number of benzene rings is 1. The summed E-state index contributed by atoms with van der Waals surface area (Å²) in [6.45, 7) is 9.56. The number of aromatic nitrogens is 1. The van der Waals surface area contributed by atoms with Crippen LogP contribution in [-0.2, 0) is 23.2 Å². The van der Waals surface area contributed by atoms with Crippen LogP contribution in [0.25, 0.3) is 0 Å². The van der Waals surface area contributed by atoms with Crippen LogP contribution in [0.4, 0.5) is 0 Å². The van der Waals surface area contributed by atoms with E-state index in [1.54, 1.807) is 7.11 Å². The molecule has 27 heavy (non-hydrogen) atoms. The van der Waals surface area contributed by atoms with E-state index >= 15 is 0 Å². The highest BCUT2D eigenvalue weighted by atomic mass is 16.5. The van der Waals surface area contributed by atoms with Crippen molar-refractivity contribution in [2.45, 2.75) is 64.3 Å². The van der Waals surface area contributed by atoms with Gasteiger partial charge in [-0.25, -0.2) is 0 Å². The smallest absolute Gasteiger partial charge is 0.0900 e. The van der Waals surface area contributed by atoms with Crippen LogP contribution in [0, 0.1) is 0 Å². The Bertz CT molecular complexity index is 711. The number of nitrogens with zero attached hydrogens (tertiary/aromatic N) is 2. The molecule has 1 aromatic heterocycles. The molecule has 3 rings (SSSR count). The Kier molecular flexibility index (Phi) is 6.40. The molecule has 1 N–H and O–H groups in total. The number of methoxy groups -OCH3 is 1. The highest BCUT2D eigenvalue weighted by Gasteiger charge is 2.30. The molecular weight excluding hydrogens is 336 g/mol. The molecule has 0 spiro atoms. The molecule has 1 aliphatic carbocycles. The van der Waals surface area contributed by atoms with Crippen molar-refractivity contribution in [1.29, 1.82) is 0 Å². The predicted molar refractivity (Wildman–Crippen MR) is 110 cm³/mol. The maximum atomic E-state index is 10.1. The Morgan fingerprint density at radius 1 is 1.19 bits per heavy atom. The van der Waals surface area contributed by atoms with E-state index in [1.807, 2.05) is 0 Å². The SMILES string of the molecule is COC[C@H](O)CN(Cc1cccn1Cc1ccc(C(C)(C)C)cc1)C1CC1. The second kappa shape index (κ2) is 8.59. The van der Waals surface area contributed by atoms with E-state index in [-0.39, 0.29) is 5.41 Å². The van der Waals surface area contributed by atoms with Gasteiger partial charge in [-0.1, -0.05) is 45.0 Å². The number of aliphatic hydroxyl groups is 1. The quantitative estimate of drug-likeness (QED) is 0.729. The Morgan fingerprint density at radius 2 is 1.89 bits per heavy atom. The van der Waals surface area contributed by atoms with Gasteiger partial charge in [0.15, 0.2) is 0 Å². The zero-order valence-electron chi connectivity index (χ0n) is 17.2. The van der Waals surface area contributed by atoms with Crippen LogP contribution < -0.4 is 0 Å². The predicted octanol–water partition coefficient (Wildman–Crippen LogP) is 3.81. The first-order valence-electron chi connectivity index (χ1n) is 10.0. The zero-order chi connectivity index (χ0) is 19.4. The molecule has 1 fully saturated rings. The molecule has 4 nitrogen and oxygen atoms in total. The number of hydrogen-bond acceptors (Lipinski definition) is 3. The maximum Gasteiger partial charge on any atom is 0.0900 e. The number of aliphatic hydroxyl groups excluding tert-OH is 1. The van der Waals surface area contributed by atoms with Gasteiger partial charge in [0.25, 0.3) is 0 Å². The first-order chi connectivity index (χ1) is 12.9. The second-order valence-corrected chi connectivity index (χ2v) is 8.84. The van der Waals surface area contributed by atoms with Crippen molar-refractivity contribution in [3.05, 3.63) is 59.4 Å². The highest BCUT2D eigenvalue weighted by molar-refractivity contribution is 5.28. The summed E-state index contributed by atoms with van der Waals surface area (Å²) in [5.74, 6) is 0. The first-order valence-corrected chi connectivity index (χ1v) is 10.0. The maximum absolute atomic E-state index is 10.1. The third kappa shape index (κ3) is 5.68. The van der Waals surface area contributed by atoms with Crippen molar-refractivity contribution in [2.75, 3.05) is 20.3 Å². The Morgan fingerprint density at radius 3 is 2.48 bits per heavy atom. The highest BCUT2D eigenvalue weighted by Crippen LogP contribution is 2.29. The van der Waals surface area contributed by atoms with Crippen LogP contribution in [-0.4, -0.2) is 47.0 Å². The van der Waals surface area contributed by atoms with Gasteiger partial charge in [0.1, 0.15) is 0 Å². The van der Waals surface area contributed by atoms with E-state index in [4.69, 9.17) is 4.74 Å². The van der Waals surface area contributed by atoms with Crippen LogP contribution in [0.1, 0.15) is 50.4 Å². The van der Waals surface area contributed by atoms with E-state index in [2.05, 4.69) is 72.8 Å². The van der Waals surface area contributed by atoms with E-state index in [0.717, 1.165) is 13.1 Å². The molecule has 0 saturated heterocycles. The van der Waals surface area contributed by atoms with Crippen LogP contribution in [0.15, 0.2) is 42.6 Å². The molecule has 1 heterocycles. The van der Waals surface area contributed by atoms with E-state index in [1.165, 1.54) is 29.7 Å². The Hall–Kier alpha value is -1.62. The van der Waals surface area contributed by atoms with Gasteiger partial charge in [0.2, 0.25) is 0 Å². The van der Waals surface area contributed by atoms with Crippen LogP contribution in [0.5, 0.6) is 0 Å². The van der Waals surface area contributed by atoms with E-state index < -0.39 is 6.10 Å². The van der Waals surface area contributed by atoms with Crippen molar-refractivity contribution < 1.29 is 9.84 Å². The molecule has 1 saturated carbocycles. The largest absolute Gasteiger partial charge is 0.389 e. The molecule has 0 radical (unpaired) electrons. The van der Waals surface area contributed by atoms with Crippen molar-refractivity contribution >= 4 is 0 Å². The number of ether oxygens (including phenoxy) is 1. The van der Waals surface area contributed by atoms with Gasteiger partial charge in [-0.2, -0.15) is 0 Å². The molecule has 0 amide bonds. The lowest BCUT2D eigenvalue weighted by molar-refractivity contribution is 0.0332. The van der Waals surface area contributed by atoms with Gasteiger partial charge < -0.3 is 14.4 Å². The third-order valence-electron chi connectivity index (χ3n) is 5.33. The van der Waals surface area contributed by atoms with Crippen molar-refractivity contribution in [2.24, 2.45) is 0 Å². The topological polar surface area (TPSA) is 37.6 Å². The number of hydrogen-bond donors (Lipinski definition) is 1. The Labute approximate surface area is 163 Å². The molecule has 0 aliphatic heterocycles. The van der Waals surface area contributed by atoms with Crippen molar-refractivity contribution in [3.8, 4) is 0 Å². The second-order valence-electron chi connectivity index (χ2n) is 8.84. The van der Waals surface area contributed by atoms with Crippen LogP contribution in [0.2, 0.25) is 0 Å². The van der Waals surface area contributed by atoms with Gasteiger partial charge in [-0.3, -0.25) is 4.90 Å². The molecule has 1 aliphatic rings. The average molecular weight is 371 g/mol. The summed E-state index contributed by atoms with van der Waals surface area (Å²) in [6.07, 6.45) is 4.19. The van der Waals surface area contributed by atoms with Gasteiger partial charge in [0, 0.05) is 44.7 Å². The van der Waals surface area contributed by atoms with Gasteiger partial charge in [-0.15, -0.1) is 0 Å². The van der Waals surface area contributed by atoms with Crippen molar-refractivity contribution in [1.82, 2.24) is 9.47 Å². The van der Waals surface area contributed by atoms with Gasteiger partial charge in [0.05, 0.1) is 12.7 Å². The summed E-state index contributed by atoms with van der Waals surface area (Å²) in [4.78, 5) is 2.40. The molecule has 0 bridgehead atoms. The number of rotatable bonds is 9. The minimum Gasteiger partial charge on any atom is -0.389 e. The average Bonchev–Trinajstić information content (AvgIpc) is 3.37. The Balaban J connectivity index is 1.66. The summed E-state index contributed by atoms with van der Waals surface area (Å²) < 4.78 is 7.42. The minimum atomic E-state index is -0.427. The monoisotopic (exact) mass is 370 g/mol. The lowest BCUT2D eigenvalue weighted by Crippen LogP contribution is -2.36. The fourth-order valence-corrected chi connectivity index (χ4v) is 3.56. The molecule has 2 aromatic rings. The summed E-state index contributed by atoms with van der Waals surface area (Å²) in [7, 11) is 1.64. The first kappa shape index (κ1) is 20.1. The zero-order valence-corrected chi connectivity index (χ0v) is 17.2. The summed E-state index contributed by atoms with van der Waals surface area (Å²) >= 11 is 0. The van der Waals surface area contributed by atoms with Crippen molar-refractivity contribution in [3.63, 3.8) is 0 Å². The van der Waals surface area contributed by atoms with Gasteiger partial charge in [-0.05, 0) is 41.5 Å². The molecule has 0 unspecified atom stereocenters. The lowest BCUT2D eigenvalue weighted by Gasteiger charge is -2.25. The molecular formula is C23H34N2O2. The third-order valence-corrected chi connectivity index (χ3v) is 5.33. The minimum absolute atomic E-state index is 0.185. The van der Waals surface area contributed by atoms with Crippen LogP contribution >= 0.6 is 0 Å². The molecule has 1 aromatic carbocycles. The fraction of sp³-hybridized carbons (Fsp3) is 0.565. The lowest BCUT2D eigenvalue weighted by atomic mass is 9.87. The molecule has 1 atom stereocenters. The van der Waals surface area contributed by atoms with Gasteiger partial charge >= 0.3 is 0 Å². The van der Waals surface area contributed by atoms with E-state index in [9.17, 15) is 5.11 Å². The fourth-order valence-electron chi connectivity index (χ4n) is 3.56. The molecule has 4 heteroatoms. The summed E-state index contributed by atoms with van der Waals surface area (Å²) in [6, 6.07) is 13.9. The van der Waals surface area contributed by atoms with E-state index in [0.29, 0.717) is 19.2 Å². The standard InChI is InChI=1S/C23H34N2O2/c1-23(2,3)19-9-7-18(8-10-19)14-24-13-5-6-21(24)15-25(20-11-12-20)16-22(26)17-27-4/h5-10,13,20,22,26H,11-12,14-17H2,1-4H3/t22-/m1/s1. The normalized spacial score (nSPS) is 16.1. The summed E-state index contributed by atoms with van der Waals surface area (Å²) in [5, 5.41) is 10.1. The van der Waals surface area contributed by atoms with Crippen LogP contribution in [0.3, 0.4) is 0 Å².